The molecule has 0 saturated carbocycles. The Morgan fingerprint density at radius 3 is 2.48 bits per heavy atom. The first kappa shape index (κ1) is 16.6. The summed E-state index contributed by atoms with van der Waals surface area (Å²) in [6.45, 7) is 3.87. The molecule has 0 spiro atoms. The molecule has 0 aliphatic carbocycles. The first-order chi connectivity index (χ1) is 10.9. The molecule has 2 aliphatic heterocycles. The Morgan fingerprint density at radius 1 is 1.13 bits per heavy atom. The van der Waals surface area contributed by atoms with Gasteiger partial charge in [-0.15, -0.1) is 0 Å². The number of halogens is 2. The van der Waals surface area contributed by atoms with E-state index >= 15 is 0 Å². The Kier molecular flexibility index (Phi) is 4.54. The number of hydrogen-bond donors (Lipinski definition) is 1. The van der Waals surface area contributed by atoms with Gasteiger partial charge in [0.1, 0.15) is 5.54 Å². The number of likely N-dealkylation sites (tertiary alicyclic amines) is 1. The van der Waals surface area contributed by atoms with Gasteiger partial charge in [0, 0.05) is 0 Å². The van der Waals surface area contributed by atoms with Crippen LogP contribution >= 0.6 is 23.2 Å². The van der Waals surface area contributed by atoms with Crippen molar-refractivity contribution in [2.45, 2.75) is 31.7 Å². The Balaban J connectivity index is 1.82. The first-order valence-corrected chi connectivity index (χ1v) is 8.49. The van der Waals surface area contributed by atoms with Crippen molar-refractivity contribution in [1.82, 2.24) is 15.1 Å². The molecule has 2 aliphatic rings. The highest BCUT2D eigenvalue weighted by atomic mass is 35.5. The van der Waals surface area contributed by atoms with Gasteiger partial charge in [-0.25, -0.2) is 9.69 Å². The number of hydrogen-bond acceptors (Lipinski definition) is 3. The molecular weight excluding hydrogens is 337 g/mol. The van der Waals surface area contributed by atoms with Crippen LogP contribution in [0, 0.1) is 0 Å². The fourth-order valence-electron chi connectivity index (χ4n) is 3.13. The average molecular weight is 356 g/mol. The van der Waals surface area contributed by atoms with Crippen molar-refractivity contribution in [1.29, 1.82) is 0 Å². The summed E-state index contributed by atoms with van der Waals surface area (Å²) >= 11 is 12.0. The van der Waals surface area contributed by atoms with Gasteiger partial charge < -0.3 is 5.32 Å². The summed E-state index contributed by atoms with van der Waals surface area (Å²) in [6, 6.07) is 4.62. The fraction of sp³-hybridized carbons (Fsp3) is 0.500. The molecule has 2 saturated heterocycles. The summed E-state index contributed by atoms with van der Waals surface area (Å²) in [5.41, 5.74) is -0.479. The van der Waals surface area contributed by atoms with Crippen LogP contribution in [0.2, 0.25) is 10.0 Å². The number of piperidine rings is 1. The van der Waals surface area contributed by atoms with Gasteiger partial charge in [0.2, 0.25) is 0 Å². The number of carbonyl (C=O) groups is 2. The van der Waals surface area contributed by atoms with Gasteiger partial charge >= 0.3 is 6.03 Å². The van der Waals surface area contributed by atoms with Crippen LogP contribution in [-0.2, 0) is 10.3 Å². The van der Waals surface area contributed by atoms with Crippen LogP contribution in [0.25, 0.3) is 0 Å². The van der Waals surface area contributed by atoms with Gasteiger partial charge in [-0.05, 0) is 50.6 Å². The predicted octanol–water partition coefficient (Wildman–Crippen LogP) is 3.20. The topological polar surface area (TPSA) is 52.7 Å². The van der Waals surface area contributed by atoms with Crippen molar-refractivity contribution in [2.75, 3.05) is 19.8 Å². The number of nitrogens with zero attached hydrogens (tertiary/aromatic N) is 2. The Bertz CT molecular complexity index is 646. The van der Waals surface area contributed by atoms with E-state index in [4.69, 9.17) is 23.2 Å². The Labute approximate surface area is 145 Å². The van der Waals surface area contributed by atoms with Crippen LogP contribution in [-0.4, -0.2) is 41.5 Å². The van der Waals surface area contributed by atoms with Gasteiger partial charge in [-0.1, -0.05) is 35.7 Å². The van der Waals surface area contributed by atoms with E-state index in [1.54, 1.807) is 25.1 Å². The number of imide groups is 1. The third kappa shape index (κ3) is 3.05. The lowest BCUT2D eigenvalue weighted by Crippen LogP contribution is -2.45. The second-order valence-electron chi connectivity index (χ2n) is 6.24. The van der Waals surface area contributed by atoms with Gasteiger partial charge in [0.05, 0.1) is 16.7 Å². The molecule has 1 aromatic carbocycles. The molecule has 5 nitrogen and oxygen atoms in total. The Hall–Kier alpha value is -1.30. The quantitative estimate of drug-likeness (QED) is 0.847. The van der Waals surface area contributed by atoms with Gasteiger partial charge in [0.25, 0.3) is 5.91 Å². The number of rotatable bonds is 3. The minimum atomic E-state index is -1.11. The molecule has 2 heterocycles. The highest BCUT2D eigenvalue weighted by molar-refractivity contribution is 6.42. The van der Waals surface area contributed by atoms with E-state index in [1.807, 2.05) is 0 Å². The molecule has 1 N–H and O–H groups in total. The van der Waals surface area contributed by atoms with Crippen LogP contribution < -0.4 is 5.32 Å². The van der Waals surface area contributed by atoms with E-state index in [0.717, 1.165) is 25.9 Å². The smallest absolute Gasteiger partial charge is 0.319 e. The summed E-state index contributed by atoms with van der Waals surface area (Å²) in [5, 5.41) is 3.57. The normalized spacial score (nSPS) is 25.8. The zero-order valence-electron chi connectivity index (χ0n) is 12.9. The van der Waals surface area contributed by atoms with E-state index < -0.39 is 5.54 Å². The van der Waals surface area contributed by atoms with Gasteiger partial charge in [0.15, 0.2) is 0 Å². The van der Waals surface area contributed by atoms with E-state index in [1.165, 1.54) is 11.3 Å². The second kappa shape index (κ2) is 6.30. The van der Waals surface area contributed by atoms with Crippen molar-refractivity contribution < 1.29 is 9.59 Å². The zero-order chi connectivity index (χ0) is 16.6. The van der Waals surface area contributed by atoms with Crippen molar-refractivity contribution in [3.63, 3.8) is 0 Å². The summed E-state index contributed by atoms with van der Waals surface area (Å²) in [7, 11) is 0. The molecule has 23 heavy (non-hydrogen) atoms. The van der Waals surface area contributed by atoms with Gasteiger partial charge in [-0.3, -0.25) is 9.69 Å². The number of urea groups is 1. The standard InChI is InChI=1S/C16H19Cl2N3O2/c1-16(11-5-6-12(17)13(18)9-11)14(22)21(15(23)19-16)10-20-7-3-2-4-8-20/h5-6,9H,2-4,7-8,10H2,1H3,(H,19,23)/t16-/m0/s1. The lowest BCUT2D eigenvalue weighted by Gasteiger charge is -2.30. The Morgan fingerprint density at radius 2 is 1.83 bits per heavy atom. The SMILES string of the molecule is C[C@@]1(c2ccc(Cl)c(Cl)c2)NC(=O)N(CN2CCCCC2)C1=O. The van der Waals surface area contributed by atoms with Crippen LogP contribution in [0.1, 0.15) is 31.7 Å². The van der Waals surface area contributed by atoms with Crippen LogP contribution in [0.15, 0.2) is 18.2 Å². The minimum Gasteiger partial charge on any atom is -0.319 e. The first-order valence-electron chi connectivity index (χ1n) is 7.74. The van der Waals surface area contributed by atoms with Crippen LogP contribution in [0.5, 0.6) is 0 Å². The fourth-order valence-corrected chi connectivity index (χ4v) is 3.43. The lowest BCUT2D eigenvalue weighted by atomic mass is 9.92. The molecule has 3 amide bonds. The van der Waals surface area contributed by atoms with Gasteiger partial charge in [-0.2, -0.15) is 0 Å². The van der Waals surface area contributed by atoms with E-state index in [-0.39, 0.29) is 11.9 Å². The zero-order valence-corrected chi connectivity index (χ0v) is 14.5. The maximum Gasteiger partial charge on any atom is 0.326 e. The van der Waals surface area contributed by atoms with Crippen LogP contribution in [0.4, 0.5) is 4.79 Å². The van der Waals surface area contributed by atoms with Crippen molar-refractivity contribution in [3.05, 3.63) is 33.8 Å². The molecule has 1 atom stereocenters. The van der Waals surface area contributed by atoms with Crippen molar-refractivity contribution in [2.24, 2.45) is 0 Å². The maximum atomic E-state index is 12.8. The van der Waals surface area contributed by atoms with Crippen molar-refractivity contribution >= 4 is 35.1 Å². The molecule has 0 unspecified atom stereocenters. The summed E-state index contributed by atoms with van der Waals surface area (Å²) in [5.74, 6) is -0.258. The molecule has 3 rings (SSSR count). The highest BCUT2D eigenvalue weighted by Crippen LogP contribution is 2.33. The molecule has 0 radical (unpaired) electrons. The van der Waals surface area contributed by atoms with Crippen LogP contribution in [0.3, 0.4) is 0 Å². The largest absolute Gasteiger partial charge is 0.326 e. The summed E-state index contributed by atoms with van der Waals surface area (Å²) < 4.78 is 0. The molecule has 0 aromatic heterocycles. The predicted molar refractivity (Wildman–Crippen MR) is 89.5 cm³/mol. The van der Waals surface area contributed by atoms with Crippen molar-refractivity contribution in [3.8, 4) is 0 Å². The summed E-state index contributed by atoms with van der Waals surface area (Å²) in [6.07, 6.45) is 3.42. The van der Waals surface area contributed by atoms with E-state index in [9.17, 15) is 9.59 Å². The molecular formula is C16H19Cl2N3O2. The third-order valence-corrected chi connectivity index (χ3v) is 5.30. The lowest BCUT2D eigenvalue weighted by molar-refractivity contribution is -0.132. The third-order valence-electron chi connectivity index (χ3n) is 4.56. The molecule has 2 fully saturated rings. The average Bonchev–Trinajstić information content (AvgIpc) is 2.75. The maximum absolute atomic E-state index is 12.8. The second-order valence-corrected chi connectivity index (χ2v) is 7.05. The number of benzene rings is 1. The molecule has 124 valence electrons. The monoisotopic (exact) mass is 355 g/mol. The van der Waals surface area contributed by atoms with E-state index in [0.29, 0.717) is 22.3 Å². The summed E-state index contributed by atoms with van der Waals surface area (Å²) in [4.78, 5) is 28.6. The van der Waals surface area contributed by atoms with E-state index in [2.05, 4.69) is 10.2 Å². The number of amides is 3. The molecule has 7 heteroatoms. The number of nitrogens with one attached hydrogen (secondary N) is 1. The molecule has 1 aromatic rings. The highest BCUT2D eigenvalue weighted by Gasteiger charge is 2.49. The minimum absolute atomic E-state index is 0.258. The molecule has 0 bridgehead atoms. The number of carbonyl (C=O) groups excluding carboxylic acids is 2.